The molecule has 106 valence electrons. The lowest BCUT2D eigenvalue weighted by Gasteiger charge is -2.31. The molecule has 1 atom stereocenters. The van der Waals surface area contributed by atoms with E-state index in [0.717, 1.165) is 25.9 Å². The summed E-state index contributed by atoms with van der Waals surface area (Å²) in [6.07, 6.45) is 3.75. The van der Waals surface area contributed by atoms with Gasteiger partial charge in [-0.3, -0.25) is 9.59 Å². The standard InChI is InChI=1S/C15H19N3O2/c1-11-4-3-6-17(9-11)14(19)10-18-7-5-12(2)13(8-16)15(18)20/h5,7,11H,3-4,6,9-10H2,1-2H3/t11-/m1/s1. The number of amides is 1. The number of nitriles is 1. The topological polar surface area (TPSA) is 66.1 Å². The fraction of sp³-hybridized carbons (Fsp3) is 0.533. The van der Waals surface area contributed by atoms with E-state index in [0.29, 0.717) is 11.5 Å². The van der Waals surface area contributed by atoms with Gasteiger partial charge in [0.05, 0.1) is 0 Å². The van der Waals surface area contributed by atoms with Crippen LogP contribution in [0.1, 0.15) is 30.9 Å². The zero-order valence-electron chi connectivity index (χ0n) is 11.9. The molecule has 0 aliphatic carbocycles. The highest BCUT2D eigenvalue weighted by Gasteiger charge is 2.21. The number of pyridine rings is 1. The first-order chi connectivity index (χ1) is 9.52. The lowest BCUT2D eigenvalue weighted by atomic mass is 10.0. The zero-order chi connectivity index (χ0) is 14.7. The SMILES string of the molecule is Cc1ccn(CC(=O)N2CCC[C@@H](C)C2)c(=O)c1C#N. The molecule has 0 saturated carbocycles. The number of carbonyl (C=O) groups excluding carboxylic acids is 1. The fourth-order valence-electron chi connectivity index (χ4n) is 2.59. The molecule has 2 heterocycles. The van der Waals surface area contributed by atoms with Gasteiger partial charge >= 0.3 is 0 Å². The Balaban J connectivity index is 2.16. The first-order valence-corrected chi connectivity index (χ1v) is 6.91. The number of rotatable bonds is 2. The molecular weight excluding hydrogens is 254 g/mol. The quantitative estimate of drug-likeness (QED) is 0.815. The molecule has 1 fully saturated rings. The Labute approximate surface area is 118 Å². The molecule has 0 N–H and O–H groups in total. The summed E-state index contributed by atoms with van der Waals surface area (Å²) in [5.74, 6) is 0.462. The van der Waals surface area contributed by atoms with Gasteiger partial charge in [-0.2, -0.15) is 5.26 Å². The second-order valence-corrected chi connectivity index (χ2v) is 5.51. The highest BCUT2D eigenvalue weighted by Crippen LogP contribution is 2.15. The van der Waals surface area contributed by atoms with Gasteiger partial charge < -0.3 is 9.47 Å². The molecule has 0 spiro atoms. The van der Waals surface area contributed by atoms with Gasteiger partial charge in [0, 0.05) is 19.3 Å². The van der Waals surface area contributed by atoms with E-state index in [9.17, 15) is 9.59 Å². The van der Waals surface area contributed by atoms with Crippen LogP contribution in [0, 0.1) is 24.2 Å². The van der Waals surface area contributed by atoms with Gasteiger partial charge in [0.15, 0.2) is 0 Å². The van der Waals surface area contributed by atoms with E-state index in [1.807, 2.05) is 11.0 Å². The minimum Gasteiger partial charge on any atom is -0.341 e. The van der Waals surface area contributed by atoms with E-state index in [-0.39, 0.29) is 23.6 Å². The van der Waals surface area contributed by atoms with Crippen LogP contribution in [-0.4, -0.2) is 28.5 Å². The summed E-state index contributed by atoms with van der Waals surface area (Å²) < 4.78 is 1.33. The van der Waals surface area contributed by atoms with E-state index < -0.39 is 0 Å². The highest BCUT2D eigenvalue weighted by molar-refractivity contribution is 5.76. The molecular formula is C15H19N3O2. The Hall–Kier alpha value is -2.09. The van der Waals surface area contributed by atoms with Crippen LogP contribution < -0.4 is 5.56 Å². The van der Waals surface area contributed by atoms with Crippen LogP contribution in [-0.2, 0) is 11.3 Å². The summed E-state index contributed by atoms with van der Waals surface area (Å²) in [6.45, 7) is 5.38. The minimum atomic E-state index is -0.383. The number of aromatic nitrogens is 1. The zero-order valence-corrected chi connectivity index (χ0v) is 11.9. The predicted molar refractivity (Wildman–Crippen MR) is 75.1 cm³/mol. The van der Waals surface area contributed by atoms with Gasteiger partial charge in [0.25, 0.3) is 5.56 Å². The third-order valence-corrected chi connectivity index (χ3v) is 3.80. The average molecular weight is 273 g/mol. The maximum Gasteiger partial charge on any atom is 0.269 e. The number of carbonyl (C=O) groups is 1. The van der Waals surface area contributed by atoms with Crippen molar-refractivity contribution in [3.63, 3.8) is 0 Å². The summed E-state index contributed by atoms with van der Waals surface area (Å²) >= 11 is 0. The third-order valence-electron chi connectivity index (χ3n) is 3.80. The molecule has 5 nitrogen and oxygen atoms in total. The molecule has 0 radical (unpaired) electrons. The van der Waals surface area contributed by atoms with Gasteiger partial charge in [0.2, 0.25) is 5.91 Å². The summed E-state index contributed by atoms with van der Waals surface area (Å²) in [6, 6.07) is 3.61. The van der Waals surface area contributed by atoms with Crippen LogP contribution in [0.5, 0.6) is 0 Å². The highest BCUT2D eigenvalue weighted by atomic mass is 16.2. The van der Waals surface area contributed by atoms with Crippen LogP contribution >= 0.6 is 0 Å². The number of nitrogens with zero attached hydrogens (tertiary/aromatic N) is 3. The summed E-state index contributed by atoms with van der Waals surface area (Å²) in [5, 5.41) is 8.98. The molecule has 1 aromatic rings. The van der Waals surface area contributed by atoms with Crippen molar-refractivity contribution in [3.05, 3.63) is 33.7 Å². The normalized spacial score (nSPS) is 18.6. The van der Waals surface area contributed by atoms with Crippen molar-refractivity contribution in [2.24, 2.45) is 5.92 Å². The van der Waals surface area contributed by atoms with Crippen molar-refractivity contribution in [1.29, 1.82) is 5.26 Å². The molecule has 1 aromatic heterocycles. The Morgan fingerprint density at radius 3 is 2.95 bits per heavy atom. The summed E-state index contributed by atoms with van der Waals surface area (Å²) in [7, 11) is 0. The van der Waals surface area contributed by atoms with Crippen LogP contribution in [0.15, 0.2) is 17.1 Å². The maximum absolute atomic E-state index is 12.2. The first-order valence-electron chi connectivity index (χ1n) is 6.91. The maximum atomic E-state index is 12.2. The van der Waals surface area contributed by atoms with Crippen LogP contribution in [0.2, 0.25) is 0 Å². The van der Waals surface area contributed by atoms with Gasteiger partial charge in [-0.15, -0.1) is 0 Å². The molecule has 0 aromatic carbocycles. The molecule has 20 heavy (non-hydrogen) atoms. The van der Waals surface area contributed by atoms with Crippen LogP contribution in [0.3, 0.4) is 0 Å². The van der Waals surface area contributed by atoms with E-state index >= 15 is 0 Å². The predicted octanol–water partition coefficient (Wildman–Crippen LogP) is 1.29. The summed E-state index contributed by atoms with van der Waals surface area (Å²) in [4.78, 5) is 26.1. The molecule has 1 saturated heterocycles. The molecule has 0 unspecified atom stereocenters. The first kappa shape index (κ1) is 14.3. The van der Waals surface area contributed by atoms with Gasteiger partial charge in [-0.1, -0.05) is 6.92 Å². The minimum absolute atomic E-state index is 0.0144. The van der Waals surface area contributed by atoms with Crippen LogP contribution in [0.4, 0.5) is 0 Å². The van der Waals surface area contributed by atoms with Crippen molar-refractivity contribution in [3.8, 4) is 6.07 Å². The van der Waals surface area contributed by atoms with Crippen molar-refractivity contribution < 1.29 is 4.79 Å². The van der Waals surface area contributed by atoms with E-state index in [1.165, 1.54) is 4.57 Å². The number of hydrogen-bond donors (Lipinski definition) is 0. The van der Waals surface area contributed by atoms with Crippen molar-refractivity contribution in [2.75, 3.05) is 13.1 Å². The molecule has 2 rings (SSSR count). The largest absolute Gasteiger partial charge is 0.341 e. The summed E-state index contributed by atoms with van der Waals surface area (Å²) in [5.41, 5.74) is 0.381. The van der Waals surface area contributed by atoms with Gasteiger partial charge in [-0.05, 0) is 37.3 Å². The van der Waals surface area contributed by atoms with Gasteiger partial charge in [-0.25, -0.2) is 0 Å². The smallest absolute Gasteiger partial charge is 0.269 e. The van der Waals surface area contributed by atoms with Crippen molar-refractivity contribution >= 4 is 5.91 Å². The second kappa shape index (κ2) is 5.91. The number of piperidine rings is 1. The average Bonchev–Trinajstić information content (AvgIpc) is 2.42. The Morgan fingerprint density at radius 1 is 1.55 bits per heavy atom. The Kier molecular flexibility index (Phi) is 4.23. The molecule has 1 aliphatic heterocycles. The molecule has 1 amide bonds. The molecule has 5 heteroatoms. The van der Waals surface area contributed by atoms with Crippen LogP contribution in [0.25, 0.3) is 0 Å². The molecule has 1 aliphatic rings. The number of aryl methyl sites for hydroxylation is 1. The van der Waals surface area contributed by atoms with Crippen molar-refractivity contribution in [2.45, 2.75) is 33.2 Å². The lowest BCUT2D eigenvalue weighted by Crippen LogP contribution is -2.42. The van der Waals surface area contributed by atoms with E-state index in [4.69, 9.17) is 5.26 Å². The third kappa shape index (κ3) is 2.90. The number of likely N-dealkylation sites (tertiary alicyclic amines) is 1. The van der Waals surface area contributed by atoms with Gasteiger partial charge in [0.1, 0.15) is 18.2 Å². The second-order valence-electron chi connectivity index (χ2n) is 5.51. The van der Waals surface area contributed by atoms with Crippen molar-refractivity contribution in [1.82, 2.24) is 9.47 Å². The fourth-order valence-corrected chi connectivity index (χ4v) is 2.59. The monoisotopic (exact) mass is 273 g/mol. The Morgan fingerprint density at radius 2 is 2.30 bits per heavy atom. The van der Waals surface area contributed by atoms with E-state index in [1.54, 1.807) is 19.2 Å². The Bertz CT molecular complexity index is 613. The van der Waals surface area contributed by atoms with E-state index in [2.05, 4.69) is 6.92 Å². The lowest BCUT2D eigenvalue weighted by molar-refractivity contribution is -0.133. The number of hydrogen-bond acceptors (Lipinski definition) is 3. The molecule has 0 bridgehead atoms.